The molecule has 0 radical (unpaired) electrons. The fraction of sp³-hybridized carbons (Fsp3) is 0.536. The maximum absolute atomic E-state index is 12.4. The SMILES string of the molecule is CCC(C)(C)Oc1ccc(CCCCNC(=O)c2ccc(C)c([N+](=O)[O-])c2)c(OC(C)(C)CC)c1. The Kier molecular flexibility index (Phi) is 9.69. The van der Waals surface area contributed by atoms with Gasteiger partial charge in [0.1, 0.15) is 22.7 Å². The second-order valence-corrected chi connectivity index (χ2v) is 10.2. The molecule has 0 bridgehead atoms. The van der Waals surface area contributed by atoms with Crippen molar-refractivity contribution in [1.29, 1.82) is 0 Å². The number of aryl methyl sites for hydroxylation is 2. The number of nitro groups is 1. The van der Waals surface area contributed by atoms with Crippen LogP contribution in [0, 0.1) is 17.0 Å². The van der Waals surface area contributed by atoms with Crippen LogP contribution in [0.2, 0.25) is 0 Å². The molecular formula is C28H40N2O5. The second kappa shape index (κ2) is 12.0. The fourth-order valence-corrected chi connectivity index (χ4v) is 3.35. The minimum Gasteiger partial charge on any atom is -0.488 e. The number of hydrogen-bond donors (Lipinski definition) is 1. The molecule has 0 aromatic heterocycles. The number of hydrogen-bond acceptors (Lipinski definition) is 5. The van der Waals surface area contributed by atoms with Crippen LogP contribution in [0.1, 0.15) is 88.7 Å². The van der Waals surface area contributed by atoms with Gasteiger partial charge in [-0.3, -0.25) is 14.9 Å². The van der Waals surface area contributed by atoms with E-state index >= 15 is 0 Å². The summed E-state index contributed by atoms with van der Waals surface area (Å²) in [5.41, 5.74) is 1.34. The molecule has 0 heterocycles. The summed E-state index contributed by atoms with van der Waals surface area (Å²) in [5, 5.41) is 14.0. The lowest BCUT2D eigenvalue weighted by atomic mass is 10.0. The maximum atomic E-state index is 12.4. The summed E-state index contributed by atoms with van der Waals surface area (Å²) >= 11 is 0. The van der Waals surface area contributed by atoms with Crippen LogP contribution < -0.4 is 14.8 Å². The number of nitrogens with zero attached hydrogens (tertiary/aromatic N) is 1. The highest BCUT2D eigenvalue weighted by atomic mass is 16.6. The van der Waals surface area contributed by atoms with Crippen LogP contribution in [0.5, 0.6) is 11.5 Å². The molecule has 1 amide bonds. The lowest BCUT2D eigenvalue weighted by Gasteiger charge is -2.29. The summed E-state index contributed by atoms with van der Waals surface area (Å²) < 4.78 is 12.5. The number of nitro benzene ring substituents is 1. The molecule has 0 aliphatic rings. The third-order valence-corrected chi connectivity index (χ3v) is 6.35. The monoisotopic (exact) mass is 484 g/mol. The number of amides is 1. The summed E-state index contributed by atoms with van der Waals surface area (Å²) in [6.45, 7) is 14.6. The summed E-state index contributed by atoms with van der Waals surface area (Å²) in [6.07, 6.45) is 4.21. The molecule has 0 unspecified atom stereocenters. The van der Waals surface area contributed by atoms with Gasteiger partial charge in [-0.1, -0.05) is 26.0 Å². The Labute approximate surface area is 209 Å². The topological polar surface area (TPSA) is 90.7 Å². The highest BCUT2D eigenvalue weighted by molar-refractivity contribution is 5.94. The van der Waals surface area contributed by atoms with E-state index in [0.29, 0.717) is 17.7 Å². The van der Waals surface area contributed by atoms with Gasteiger partial charge >= 0.3 is 0 Å². The van der Waals surface area contributed by atoms with Gasteiger partial charge < -0.3 is 14.8 Å². The number of ether oxygens (including phenoxy) is 2. The van der Waals surface area contributed by atoms with Gasteiger partial charge in [-0.2, -0.15) is 0 Å². The molecule has 2 rings (SSSR count). The first-order chi connectivity index (χ1) is 16.4. The molecule has 0 fully saturated rings. The molecule has 0 spiro atoms. The standard InChI is InChI=1S/C28H40N2O5/c1-8-27(4,5)34-23-16-15-21(25(19-23)35-28(6,7)9-2)12-10-11-17-29-26(31)22-14-13-20(3)24(18-22)30(32)33/h13-16,18-19H,8-12,17H2,1-7H3,(H,29,31). The smallest absolute Gasteiger partial charge is 0.273 e. The highest BCUT2D eigenvalue weighted by Crippen LogP contribution is 2.32. The normalized spacial score (nSPS) is 11.7. The summed E-state index contributed by atoms with van der Waals surface area (Å²) in [7, 11) is 0. The molecule has 192 valence electrons. The lowest BCUT2D eigenvalue weighted by molar-refractivity contribution is -0.385. The average Bonchev–Trinajstić information content (AvgIpc) is 2.79. The van der Waals surface area contributed by atoms with Crippen molar-refractivity contribution in [3.8, 4) is 11.5 Å². The molecule has 0 aliphatic carbocycles. The Hall–Kier alpha value is -3.09. The number of benzene rings is 2. The summed E-state index contributed by atoms with van der Waals surface area (Å²) in [6, 6.07) is 10.6. The van der Waals surface area contributed by atoms with Gasteiger partial charge in [0, 0.05) is 29.8 Å². The van der Waals surface area contributed by atoms with E-state index in [1.54, 1.807) is 19.1 Å². The van der Waals surface area contributed by atoms with E-state index in [2.05, 4.69) is 52.9 Å². The maximum Gasteiger partial charge on any atom is 0.273 e. The van der Waals surface area contributed by atoms with Gasteiger partial charge in [0.15, 0.2) is 0 Å². The van der Waals surface area contributed by atoms with E-state index in [9.17, 15) is 14.9 Å². The average molecular weight is 485 g/mol. The molecule has 7 heteroatoms. The summed E-state index contributed by atoms with van der Waals surface area (Å²) in [5.74, 6) is 1.32. The molecule has 7 nitrogen and oxygen atoms in total. The number of nitrogens with one attached hydrogen (secondary N) is 1. The zero-order valence-electron chi connectivity index (χ0n) is 22.2. The van der Waals surface area contributed by atoms with Crippen LogP contribution >= 0.6 is 0 Å². The van der Waals surface area contributed by atoms with Crippen LogP contribution in [0.25, 0.3) is 0 Å². The number of carbonyl (C=O) groups excluding carboxylic acids is 1. The Morgan fingerprint density at radius 3 is 2.26 bits per heavy atom. The summed E-state index contributed by atoms with van der Waals surface area (Å²) in [4.78, 5) is 23.1. The van der Waals surface area contributed by atoms with E-state index < -0.39 is 4.92 Å². The van der Waals surface area contributed by atoms with E-state index in [1.165, 1.54) is 6.07 Å². The van der Waals surface area contributed by atoms with Gasteiger partial charge in [-0.25, -0.2) is 0 Å². The van der Waals surface area contributed by atoms with Crippen LogP contribution in [0.4, 0.5) is 5.69 Å². The third kappa shape index (κ3) is 8.57. The van der Waals surface area contributed by atoms with Gasteiger partial charge in [-0.05, 0) is 84.4 Å². The number of carbonyl (C=O) groups is 1. The molecular weight excluding hydrogens is 444 g/mol. The molecule has 0 saturated heterocycles. The first-order valence-corrected chi connectivity index (χ1v) is 12.4. The second-order valence-electron chi connectivity index (χ2n) is 10.2. The van der Waals surface area contributed by atoms with Crippen molar-refractivity contribution in [3.05, 3.63) is 63.2 Å². The Balaban J connectivity index is 1.99. The zero-order chi connectivity index (χ0) is 26.2. The number of rotatable bonds is 13. The third-order valence-electron chi connectivity index (χ3n) is 6.35. The lowest BCUT2D eigenvalue weighted by Crippen LogP contribution is -2.28. The van der Waals surface area contributed by atoms with Gasteiger partial charge in [-0.15, -0.1) is 0 Å². The van der Waals surface area contributed by atoms with Crippen molar-refractivity contribution in [1.82, 2.24) is 5.32 Å². The van der Waals surface area contributed by atoms with Crippen molar-refractivity contribution in [2.24, 2.45) is 0 Å². The molecule has 0 aliphatic heterocycles. The van der Waals surface area contributed by atoms with Gasteiger partial charge in [0.25, 0.3) is 11.6 Å². The molecule has 0 atom stereocenters. The van der Waals surface area contributed by atoms with Gasteiger partial charge in [0.05, 0.1) is 4.92 Å². The van der Waals surface area contributed by atoms with Crippen molar-refractivity contribution in [2.75, 3.05) is 6.54 Å². The van der Waals surface area contributed by atoms with E-state index in [4.69, 9.17) is 9.47 Å². The Morgan fingerprint density at radius 1 is 0.971 bits per heavy atom. The van der Waals surface area contributed by atoms with Crippen molar-refractivity contribution >= 4 is 11.6 Å². The predicted molar refractivity (Wildman–Crippen MR) is 140 cm³/mol. The molecule has 0 saturated carbocycles. The Bertz CT molecular complexity index is 1030. The highest BCUT2D eigenvalue weighted by Gasteiger charge is 2.22. The Morgan fingerprint density at radius 2 is 1.63 bits per heavy atom. The van der Waals surface area contributed by atoms with Crippen LogP contribution in [-0.2, 0) is 6.42 Å². The zero-order valence-corrected chi connectivity index (χ0v) is 22.2. The van der Waals surface area contributed by atoms with Gasteiger partial charge in [0.2, 0.25) is 0 Å². The molecule has 1 N–H and O–H groups in total. The van der Waals surface area contributed by atoms with Crippen LogP contribution in [0.15, 0.2) is 36.4 Å². The molecule has 2 aromatic rings. The molecule has 2 aromatic carbocycles. The van der Waals surface area contributed by atoms with E-state index in [-0.39, 0.29) is 22.8 Å². The van der Waals surface area contributed by atoms with E-state index in [1.807, 2.05) is 12.1 Å². The van der Waals surface area contributed by atoms with E-state index in [0.717, 1.165) is 49.2 Å². The minimum absolute atomic E-state index is 0.0464. The first-order valence-electron chi connectivity index (χ1n) is 12.4. The number of unbranched alkanes of at least 4 members (excludes halogenated alkanes) is 1. The largest absolute Gasteiger partial charge is 0.488 e. The molecule has 35 heavy (non-hydrogen) atoms. The van der Waals surface area contributed by atoms with Crippen molar-refractivity contribution in [3.63, 3.8) is 0 Å². The van der Waals surface area contributed by atoms with Crippen molar-refractivity contribution in [2.45, 2.75) is 91.8 Å². The predicted octanol–water partition coefficient (Wildman–Crippen LogP) is 6.79. The fourth-order valence-electron chi connectivity index (χ4n) is 3.35. The van der Waals surface area contributed by atoms with Crippen LogP contribution in [-0.4, -0.2) is 28.6 Å². The van der Waals surface area contributed by atoms with Crippen LogP contribution in [0.3, 0.4) is 0 Å². The quantitative estimate of drug-likeness (QED) is 0.192. The minimum atomic E-state index is -0.467. The first kappa shape index (κ1) is 28.1. The van der Waals surface area contributed by atoms with Crippen molar-refractivity contribution < 1.29 is 19.2 Å².